The van der Waals surface area contributed by atoms with E-state index in [0.29, 0.717) is 12.3 Å². The molecule has 20 heavy (non-hydrogen) atoms. The van der Waals surface area contributed by atoms with Gasteiger partial charge in [0.2, 0.25) is 5.91 Å². The average molecular weight is 298 g/mol. The van der Waals surface area contributed by atoms with Crippen molar-refractivity contribution in [3.8, 4) is 0 Å². The van der Waals surface area contributed by atoms with Crippen LogP contribution in [0.15, 0.2) is 5.16 Å². The highest BCUT2D eigenvalue weighted by Gasteiger charge is 2.20. The quantitative estimate of drug-likeness (QED) is 0.747. The summed E-state index contributed by atoms with van der Waals surface area (Å²) in [6, 6.07) is 0. The number of hydrogen-bond donors (Lipinski definition) is 1. The van der Waals surface area contributed by atoms with Crippen LogP contribution in [-0.2, 0) is 17.9 Å². The minimum atomic E-state index is 0.169. The fourth-order valence-corrected chi connectivity index (χ4v) is 3.09. The van der Waals surface area contributed by atoms with Crippen LogP contribution in [0.25, 0.3) is 0 Å². The smallest absolute Gasteiger partial charge is 0.233 e. The van der Waals surface area contributed by atoms with Crippen molar-refractivity contribution in [2.24, 2.45) is 5.73 Å². The number of thioether (sulfide) groups is 1. The summed E-state index contributed by atoms with van der Waals surface area (Å²) in [5.74, 6) is 1.34. The number of amides is 1. The van der Waals surface area contributed by atoms with Gasteiger partial charge in [-0.15, -0.1) is 10.2 Å². The highest BCUT2D eigenvalue weighted by Crippen LogP contribution is 2.17. The molecule has 112 valence electrons. The molecule has 1 aromatic rings. The number of nitrogens with two attached hydrogens (primary N) is 1. The van der Waals surface area contributed by atoms with Gasteiger partial charge in [0.05, 0.1) is 12.3 Å². The van der Waals surface area contributed by atoms with Gasteiger partial charge in [-0.2, -0.15) is 0 Å². The van der Waals surface area contributed by atoms with Gasteiger partial charge in [-0.25, -0.2) is 0 Å². The molecule has 2 N–H and O–H groups in total. The number of carbonyl (C=O) groups excluding carboxylic acids is 1. The Morgan fingerprint density at radius 2 is 2.00 bits per heavy atom. The first kappa shape index (κ1) is 15.3. The fraction of sp³-hybridized carbons (Fsp3) is 0.750. The van der Waals surface area contributed by atoms with Crippen molar-refractivity contribution < 1.29 is 4.79 Å². The molecule has 8 heteroatoms. The summed E-state index contributed by atoms with van der Waals surface area (Å²) in [4.78, 5) is 16.3. The lowest BCUT2D eigenvalue weighted by molar-refractivity contribution is -0.129. The van der Waals surface area contributed by atoms with Crippen molar-refractivity contribution >= 4 is 17.7 Å². The zero-order valence-corrected chi connectivity index (χ0v) is 12.9. The molecule has 0 bridgehead atoms. The third kappa shape index (κ3) is 3.50. The van der Waals surface area contributed by atoms with E-state index in [1.54, 1.807) is 0 Å². The number of aromatic nitrogens is 3. The summed E-state index contributed by atoms with van der Waals surface area (Å²) in [5.41, 5.74) is 5.61. The van der Waals surface area contributed by atoms with Crippen LogP contribution in [0.4, 0.5) is 0 Å². The Balaban J connectivity index is 1.88. The van der Waals surface area contributed by atoms with E-state index in [0.717, 1.165) is 43.7 Å². The molecule has 0 atom stereocenters. The van der Waals surface area contributed by atoms with E-state index < -0.39 is 0 Å². The van der Waals surface area contributed by atoms with Crippen molar-refractivity contribution in [1.29, 1.82) is 0 Å². The molecule has 0 radical (unpaired) electrons. The molecular weight excluding hydrogens is 276 g/mol. The second-order valence-electron chi connectivity index (χ2n) is 4.82. The zero-order valence-electron chi connectivity index (χ0n) is 12.1. The van der Waals surface area contributed by atoms with E-state index in [4.69, 9.17) is 5.73 Å². The summed E-state index contributed by atoms with van der Waals surface area (Å²) in [6.07, 6.45) is 0. The molecule has 1 amide bonds. The predicted octanol–water partition coefficient (Wildman–Crippen LogP) is -0.377. The largest absolute Gasteiger partial charge is 0.339 e. The van der Waals surface area contributed by atoms with Crippen LogP contribution in [0, 0.1) is 0 Å². The first-order valence-electron chi connectivity index (χ1n) is 6.87. The van der Waals surface area contributed by atoms with Crippen molar-refractivity contribution in [2.45, 2.75) is 25.2 Å². The van der Waals surface area contributed by atoms with E-state index in [2.05, 4.69) is 22.1 Å². The van der Waals surface area contributed by atoms with E-state index in [1.807, 2.05) is 16.4 Å². The lowest BCUT2D eigenvalue weighted by Gasteiger charge is -2.32. The van der Waals surface area contributed by atoms with Crippen LogP contribution in [0.2, 0.25) is 0 Å². The Kier molecular flexibility index (Phi) is 5.38. The number of nitrogens with zero attached hydrogens (tertiary/aromatic N) is 5. The second-order valence-corrected chi connectivity index (χ2v) is 5.76. The summed E-state index contributed by atoms with van der Waals surface area (Å²) in [6.45, 7) is 6.67. The maximum Gasteiger partial charge on any atom is 0.233 e. The van der Waals surface area contributed by atoms with E-state index >= 15 is 0 Å². The summed E-state index contributed by atoms with van der Waals surface area (Å²) < 4.78 is 1.96. The number of hydrogen-bond acceptors (Lipinski definition) is 6. The Morgan fingerprint density at radius 1 is 1.30 bits per heavy atom. The third-order valence-electron chi connectivity index (χ3n) is 3.47. The Morgan fingerprint density at radius 3 is 2.60 bits per heavy atom. The monoisotopic (exact) mass is 298 g/mol. The lowest BCUT2D eigenvalue weighted by atomic mass is 10.3. The van der Waals surface area contributed by atoms with Gasteiger partial charge in [-0.1, -0.05) is 11.8 Å². The van der Waals surface area contributed by atoms with Crippen molar-refractivity contribution in [2.75, 3.05) is 39.0 Å². The number of piperazine rings is 1. The maximum absolute atomic E-state index is 12.2. The molecule has 1 fully saturated rings. The first-order chi connectivity index (χ1) is 9.65. The highest BCUT2D eigenvalue weighted by molar-refractivity contribution is 7.99. The highest BCUT2D eigenvalue weighted by atomic mass is 32.2. The molecule has 0 aromatic carbocycles. The normalized spacial score (nSPS) is 16.6. The van der Waals surface area contributed by atoms with Gasteiger partial charge in [-0.05, 0) is 14.0 Å². The predicted molar refractivity (Wildman–Crippen MR) is 78.4 cm³/mol. The lowest BCUT2D eigenvalue weighted by Crippen LogP contribution is -2.47. The molecule has 2 heterocycles. The van der Waals surface area contributed by atoms with Gasteiger partial charge in [0, 0.05) is 32.7 Å². The average Bonchev–Trinajstić information content (AvgIpc) is 2.87. The van der Waals surface area contributed by atoms with Gasteiger partial charge in [0.25, 0.3) is 0 Å². The van der Waals surface area contributed by atoms with Crippen LogP contribution in [0.5, 0.6) is 0 Å². The minimum Gasteiger partial charge on any atom is -0.339 e. The SMILES string of the molecule is CCn1c(CN)nnc1SCC(=O)N1CCN(C)CC1. The topological polar surface area (TPSA) is 80.3 Å². The summed E-state index contributed by atoms with van der Waals surface area (Å²) in [7, 11) is 2.08. The maximum atomic E-state index is 12.2. The van der Waals surface area contributed by atoms with Crippen LogP contribution in [0.1, 0.15) is 12.7 Å². The molecule has 0 aliphatic carbocycles. The Hall–Kier alpha value is -1.12. The standard InChI is InChI=1S/C12H22N6OS/c1-3-18-10(8-13)14-15-12(18)20-9-11(19)17-6-4-16(2)5-7-17/h3-9,13H2,1-2H3. The van der Waals surface area contributed by atoms with E-state index in [-0.39, 0.29) is 5.91 Å². The molecule has 0 saturated carbocycles. The molecule has 2 rings (SSSR count). The van der Waals surface area contributed by atoms with Crippen LogP contribution in [0.3, 0.4) is 0 Å². The van der Waals surface area contributed by atoms with Crippen molar-refractivity contribution in [1.82, 2.24) is 24.6 Å². The van der Waals surface area contributed by atoms with Gasteiger partial charge in [0.1, 0.15) is 5.82 Å². The van der Waals surface area contributed by atoms with Gasteiger partial charge >= 0.3 is 0 Å². The Labute approximate surface area is 123 Å². The first-order valence-corrected chi connectivity index (χ1v) is 7.85. The van der Waals surface area contributed by atoms with Gasteiger partial charge < -0.3 is 20.1 Å². The third-order valence-corrected chi connectivity index (χ3v) is 4.42. The molecule has 1 aliphatic rings. The second kappa shape index (κ2) is 7.05. The van der Waals surface area contributed by atoms with Crippen molar-refractivity contribution in [3.63, 3.8) is 0 Å². The molecule has 1 aromatic heterocycles. The molecule has 1 saturated heterocycles. The number of likely N-dealkylation sites (N-methyl/N-ethyl adjacent to an activating group) is 1. The van der Waals surface area contributed by atoms with Gasteiger partial charge in [0.15, 0.2) is 5.16 Å². The number of rotatable bonds is 5. The molecular formula is C12H22N6OS. The molecule has 7 nitrogen and oxygen atoms in total. The Bertz CT molecular complexity index is 455. The van der Waals surface area contributed by atoms with E-state index in [9.17, 15) is 4.79 Å². The molecule has 0 spiro atoms. The molecule has 0 unspecified atom stereocenters. The van der Waals surface area contributed by atoms with Gasteiger partial charge in [-0.3, -0.25) is 4.79 Å². The number of carbonyl (C=O) groups is 1. The summed E-state index contributed by atoms with van der Waals surface area (Å²) in [5, 5.41) is 8.92. The zero-order chi connectivity index (χ0) is 14.5. The molecule has 1 aliphatic heterocycles. The summed E-state index contributed by atoms with van der Waals surface area (Å²) >= 11 is 1.44. The van der Waals surface area contributed by atoms with Crippen LogP contribution >= 0.6 is 11.8 Å². The minimum absolute atomic E-state index is 0.169. The van der Waals surface area contributed by atoms with E-state index in [1.165, 1.54) is 11.8 Å². The fourth-order valence-electron chi connectivity index (χ4n) is 2.17. The van der Waals surface area contributed by atoms with Crippen LogP contribution in [-0.4, -0.2) is 69.5 Å². The van der Waals surface area contributed by atoms with Crippen molar-refractivity contribution in [3.05, 3.63) is 5.82 Å². The van der Waals surface area contributed by atoms with Crippen LogP contribution < -0.4 is 5.73 Å².